The molecule has 0 aliphatic carbocycles. The van der Waals surface area contributed by atoms with Crippen LogP contribution in [-0.4, -0.2) is 30.5 Å². The zero-order valence-corrected chi connectivity index (χ0v) is 8.95. The molecule has 0 amide bonds. The molecule has 0 fully saturated rings. The highest BCUT2D eigenvalue weighted by Gasteiger charge is 2.02. The van der Waals surface area contributed by atoms with Gasteiger partial charge in [-0.3, -0.25) is 4.79 Å². The summed E-state index contributed by atoms with van der Waals surface area (Å²) < 4.78 is 4.86. The summed E-state index contributed by atoms with van der Waals surface area (Å²) in [5, 5.41) is 0.552. The standard InChI is InChI=1S/C9H18O2S/c1-8(2)12-7-9(10)5-4-6-11-3/h8H,4-7H2,1-3H3. The number of hydrogen-bond donors (Lipinski definition) is 0. The van der Waals surface area contributed by atoms with Crippen molar-refractivity contribution in [3.63, 3.8) is 0 Å². The van der Waals surface area contributed by atoms with Crippen molar-refractivity contribution in [1.29, 1.82) is 0 Å². The molecule has 0 unspecified atom stereocenters. The van der Waals surface area contributed by atoms with E-state index in [0.717, 1.165) is 6.42 Å². The van der Waals surface area contributed by atoms with E-state index in [1.54, 1.807) is 18.9 Å². The van der Waals surface area contributed by atoms with Crippen LogP contribution in [0.4, 0.5) is 0 Å². The van der Waals surface area contributed by atoms with E-state index >= 15 is 0 Å². The van der Waals surface area contributed by atoms with Gasteiger partial charge in [0.15, 0.2) is 0 Å². The molecule has 0 aromatic heterocycles. The molecule has 3 heteroatoms. The number of Topliss-reactive ketones (excluding diaryl/α,β-unsaturated/α-hetero) is 1. The third-order valence-corrected chi connectivity index (χ3v) is 2.54. The molecule has 0 aromatic carbocycles. The van der Waals surface area contributed by atoms with Crippen LogP contribution in [0.3, 0.4) is 0 Å². The Labute approximate surface area is 79.1 Å². The largest absolute Gasteiger partial charge is 0.385 e. The number of rotatable bonds is 7. The van der Waals surface area contributed by atoms with Crippen LogP contribution in [0, 0.1) is 0 Å². The topological polar surface area (TPSA) is 26.3 Å². The van der Waals surface area contributed by atoms with Gasteiger partial charge in [-0.2, -0.15) is 11.8 Å². The van der Waals surface area contributed by atoms with Crippen LogP contribution in [0.5, 0.6) is 0 Å². The Balaban J connectivity index is 3.22. The molecule has 0 heterocycles. The van der Waals surface area contributed by atoms with E-state index in [-0.39, 0.29) is 0 Å². The number of carbonyl (C=O) groups is 1. The van der Waals surface area contributed by atoms with Crippen molar-refractivity contribution < 1.29 is 9.53 Å². The highest BCUT2D eigenvalue weighted by atomic mass is 32.2. The molecule has 0 bridgehead atoms. The second-order valence-electron chi connectivity index (χ2n) is 2.99. The molecule has 0 aliphatic heterocycles. The molecular formula is C9H18O2S. The van der Waals surface area contributed by atoms with E-state index in [9.17, 15) is 4.79 Å². The van der Waals surface area contributed by atoms with E-state index in [1.807, 2.05) is 0 Å². The summed E-state index contributed by atoms with van der Waals surface area (Å²) in [4.78, 5) is 11.1. The van der Waals surface area contributed by atoms with E-state index < -0.39 is 0 Å². The number of ketones is 1. The van der Waals surface area contributed by atoms with Gasteiger partial charge in [-0.1, -0.05) is 13.8 Å². The maximum atomic E-state index is 11.1. The van der Waals surface area contributed by atoms with Gasteiger partial charge in [-0.25, -0.2) is 0 Å². The van der Waals surface area contributed by atoms with Gasteiger partial charge < -0.3 is 4.74 Å². The molecule has 12 heavy (non-hydrogen) atoms. The van der Waals surface area contributed by atoms with Crippen LogP contribution in [0.25, 0.3) is 0 Å². The van der Waals surface area contributed by atoms with Gasteiger partial charge in [0.05, 0.1) is 5.75 Å². The quantitative estimate of drug-likeness (QED) is 0.575. The van der Waals surface area contributed by atoms with Crippen LogP contribution in [-0.2, 0) is 9.53 Å². The average molecular weight is 190 g/mol. The van der Waals surface area contributed by atoms with Crippen LogP contribution < -0.4 is 0 Å². The first-order valence-corrected chi connectivity index (χ1v) is 5.34. The Hall–Kier alpha value is -0.0200. The predicted molar refractivity (Wildman–Crippen MR) is 53.7 cm³/mol. The molecule has 0 saturated carbocycles. The summed E-state index contributed by atoms with van der Waals surface area (Å²) in [7, 11) is 1.66. The Bertz CT molecular complexity index is 124. The molecular weight excluding hydrogens is 172 g/mol. The minimum atomic E-state index is 0.339. The van der Waals surface area contributed by atoms with Crippen molar-refractivity contribution >= 4 is 17.5 Å². The third kappa shape index (κ3) is 8.08. The van der Waals surface area contributed by atoms with Crippen molar-refractivity contribution in [3.8, 4) is 0 Å². The molecule has 0 atom stereocenters. The maximum Gasteiger partial charge on any atom is 0.142 e. The Morgan fingerprint density at radius 1 is 1.50 bits per heavy atom. The van der Waals surface area contributed by atoms with Gasteiger partial charge in [0, 0.05) is 20.1 Å². The maximum absolute atomic E-state index is 11.1. The number of hydrogen-bond acceptors (Lipinski definition) is 3. The zero-order valence-electron chi connectivity index (χ0n) is 8.13. The fourth-order valence-corrected chi connectivity index (χ4v) is 1.41. The Morgan fingerprint density at radius 2 is 2.17 bits per heavy atom. The molecule has 0 rings (SSSR count). The lowest BCUT2D eigenvalue weighted by atomic mass is 10.2. The second-order valence-corrected chi connectivity index (χ2v) is 4.56. The highest BCUT2D eigenvalue weighted by Crippen LogP contribution is 2.09. The summed E-state index contributed by atoms with van der Waals surface area (Å²) in [6.07, 6.45) is 1.52. The summed E-state index contributed by atoms with van der Waals surface area (Å²) in [6.45, 7) is 4.90. The molecule has 0 saturated heterocycles. The predicted octanol–water partition coefficient (Wildman–Crippen LogP) is 2.12. The van der Waals surface area contributed by atoms with Crippen LogP contribution >= 0.6 is 11.8 Å². The summed E-state index contributed by atoms with van der Waals surface area (Å²) in [5.41, 5.74) is 0. The van der Waals surface area contributed by atoms with Gasteiger partial charge in [0.2, 0.25) is 0 Å². The molecule has 0 N–H and O–H groups in total. The SMILES string of the molecule is COCCCC(=O)CSC(C)C. The fraction of sp³-hybridized carbons (Fsp3) is 0.889. The smallest absolute Gasteiger partial charge is 0.142 e. The number of methoxy groups -OCH3 is 1. The minimum absolute atomic E-state index is 0.339. The Kier molecular flexibility index (Phi) is 7.61. The van der Waals surface area contributed by atoms with Gasteiger partial charge in [-0.15, -0.1) is 0 Å². The van der Waals surface area contributed by atoms with Crippen LogP contribution in [0.1, 0.15) is 26.7 Å². The monoisotopic (exact) mass is 190 g/mol. The second kappa shape index (κ2) is 7.62. The Morgan fingerprint density at radius 3 is 2.67 bits per heavy atom. The normalized spacial score (nSPS) is 10.7. The van der Waals surface area contributed by atoms with Crippen molar-refractivity contribution in [2.45, 2.75) is 31.9 Å². The molecule has 0 spiro atoms. The van der Waals surface area contributed by atoms with E-state index in [4.69, 9.17) is 4.74 Å². The zero-order chi connectivity index (χ0) is 9.40. The molecule has 0 radical (unpaired) electrons. The van der Waals surface area contributed by atoms with E-state index in [1.165, 1.54) is 0 Å². The molecule has 0 aromatic rings. The summed E-state index contributed by atoms with van der Waals surface area (Å²) >= 11 is 1.71. The van der Waals surface area contributed by atoms with Gasteiger partial charge >= 0.3 is 0 Å². The van der Waals surface area contributed by atoms with E-state index in [2.05, 4.69) is 13.8 Å². The number of carbonyl (C=O) groups excluding carboxylic acids is 1. The van der Waals surface area contributed by atoms with Gasteiger partial charge in [0.25, 0.3) is 0 Å². The van der Waals surface area contributed by atoms with Crippen LogP contribution in [0.15, 0.2) is 0 Å². The first-order valence-electron chi connectivity index (χ1n) is 4.29. The summed E-state index contributed by atoms with van der Waals surface area (Å²) in [5.74, 6) is 0.993. The number of thioether (sulfide) groups is 1. The van der Waals surface area contributed by atoms with E-state index in [0.29, 0.717) is 29.8 Å². The van der Waals surface area contributed by atoms with Crippen LogP contribution in [0.2, 0.25) is 0 Å². The van der Waals surface area contributed by atoms with Crippen molar-refractivity contribution in [1.82, 2.24) is 0 Å². The van der Waals surface area contributed by atoms with Crippen molar-refractivity contribution in [2.75, 3.05) is 19.5 Å². The average Bonchev–Trinajstić information content (AvgIpc) is 2.01. The first-order chi connectivity index (χ1) is 5.66. The summed E-state index contributed by atoms with van der Waals surface area (Å²) in [6, 6.07) is 0. The molecule has 2 nitrogen and oxygen atoms in total. The lowest BCUT2D eigenvalue weighted by molar-refractivity contribution is -0.116. The first kappa shape index (κ1) is 12.0. The third-order valence-electron chi connectivity index (χ3n) is 1.38. The minimum Gasteiger partial charge on any atom is -0.385 e. The van der Waals surface area contributed by atoms with Crippen molar-refractivity contribution in [3.05, 3.63) is 0 Å². The highest BCUT2D eigenvalue weighted by molar-refractivity contribution is 8.00. The lowest BCUT2D eigenvalue weighted by Gasteiger charge is -2.03. The molecule has 0 aliphatic rings. The number of ether oxygens (including phenoxy) is 1. The lowest BCUT2D eigenvalue weighted by Crippen LogP contribution is -2.05. The van der Waals surface area contributed by atoms with Gasteiger partial charge in [-0.05, 0) is 11.7 Å². The fourth-order valence-electron chi connectivity index (χ4n) is 0.745. The van der Waals surface area contributed by atoms with Crippen molar-refractivity contribution in [2.24, 2.45) is 0 Å². The molecule has 72 valence electrons. The van der Waals surface area contributed by atoms with Gasteiger partial charge in [0.1, 0.15) is 5.78 Å².